The molecule has 0 bridgehead atoms. The van der Waals surface area contributed by atoms with Gasteiger partial charge in [0.1, 0.15) is 12.1 Å². The summed E-state index contributed by atoms with van der Waals surface area (Å²) in [4.78, 5) is 41.9. The predicted molar refractivity (Wildman–Crippen MR) is 129 cm³/mol. The normalized spacial score (nSPS) is 22.9. The van der Waals surface area contributed by atoms with Crippen molar-refractivity contribution in [3.63, 3.8) is 0 Å². The van der Waals surface area contributed by atoms with Gasteiger partial charge in [-0.1, -0.05) is 37.3 Å². The van der Waals surface area contributed by atoms with Crippen LogP contribution in [0, 0.1) is 11.3 Å². The second-order valence-electron chi connectivity index (χ2n) is 8.65. The molecule has 0 unspecified atom stereocenters. The van der Waals surface area contributed by atoms with E-state index in [2.05, 4.69) is 10.6 Å². The molecule has 0 radical (unpaired) electrons. The topological polar surface area (TPSA) is 132 Å². The number of piperidine rings is 1. The Kier molecular flexibility index (Phi) is 9.96. The number of rotatable bonds is 8. The second kappa shape index (κ2) is 12.4. The first-order valence-electron chi connectivity index (χ1n) is 11.4. The molecule has 2 heterocycles. The molecule has 2 saturated heterocycles. The van der Waals surface area contributed by atoms with E-state index in [1.165, 1.54) is 0 Å². The minimum atomic E-state index is -0.846. The molecule has 2 aliphatic heterocycles. The highest BCUT2D eigenvalue weighted by atomic mass is 35.5. The molecule has 182 valence electrons. The van der Waals surface area contributed by atoms with Crippen molar-refractivity contribution in [3.8, 4) is 0 Å². The molecule has 5 N–H and O–H groups in total. The van der Waals surface area contributed by atoms with Crippen LogP contribution in [0.4, 0.5) is 0 Å². The average Bonchev–Trinajstić information content (AvgIpc) is 2.79. The molecule has 33 heavy (non-hydrogen) atoms. The van der Waals surface area contributed by atoms with Crippen LogP contribution in [0.3, 0.4) is 0 Å². The molecule has 1 aromatic carbocycles. The standard InChI is InChI=1S/C23H34N6O3.ClH/c1-2-10-29-19(12-16-7-4-3-5-8-16)21(31)27-18(22(29)32)13-20(30)26-14-17-9-6-11-28(15-17)23(24)25;/h3-5,7-8,17-19H,2,6,9-15H2,1H3,(H3,24,25)(H,26,30)(H,27,31);1H/t17-,18-,19-;/m0./s1. The molecule has 9 nitrogen and oxygen atoms in total. The van der Waals surface area contributed by atoms with Gasteiger partial charge in [-0.3, -0.25) is 19.8 Å². The summed E-state index contributed by atoms with van der Waals surface area (Å²) in [5, 5.41) is 13.2. The fourth-order valence-corrected chi connectivity index (χ4v) is 4.48. The number of nitrogens with two attached hydrogens (primary N) is 1. The van der Waals surface area contributed by atoms with Crippen LogP contribution in [-0.2, 0) is 20.8 Å². The van der Waals surface area contributed by atoms with Crippen molar-refractivity contribution in [2.24, 2.45) is 11.7 Å². The maximum Gasteiger partial charge on any atom is 0.246 e. The molecule has 3 atom stereocenters. The van der Waals surface area contributed by atoms with Crippen molar-refractivity contribution in [3.05, 3.63) is 35.9 Å². The number of piperazine rings is 1. The minimum Gasteiger partial charge on any atom is -0.370 e. The van der Waals surface area contributed by atoms with Gasteiger partial charge in [0.15, 0.2) is 5.96 Å². The predicted octanol–water partition coefficient (Wildman–Crippen LogP) is 0.868. The number of carbonyl (C=O) groups is 3. The number of guanidine groups is 1. The number of halogens is 1. The van der Waals surface area contributed by atoms with E-state index < -0.39 is 12.1 Å². The maximum atomic E-state index is 13.1. The molecule has 10 heteroatoms. The van der Waals surface area contributed by atoms with Crippen molar-refractivity contribution >= 4 is 36.1 Å². The zero-order chi connectivity index (χ0) is 23.1. The summed E-state index contributed by atoms with van der Waals surface area (Å²) in [5.41, 5.74) is 6.56. The highest BCUT2D eigenvalue weighted by Gasteiger charge is 2.40. The van der Waals surface area contributed by atoms with Gasteiger partial charge in [-0.25, -0.2) is 0 Å². The van der Waals surface area contributed by atoms with Crippen molar-refractivity contribution < 1.29 is 14.4 Å². The molecule has 0 saturated carbocycles. The number of nitrogens with zero attached hydrogens (tertiary/aromatic N) is 2. The number of likely N-dealkylation sites (tertiary alicyclic amines) is 1. The van der Waals surface area contributed by atoms with Crippen LogP contribution < -0.4 is 16.4 Å². The molecular weight excluding hydrogens is 444 g/mol. The van der Waals surface area contributed by atoms with Gasteiger partial charge in [0.2, 0.25) is 17.7 Å². The number of benzene rings is 1. The Hall–Kier alpha value is -2.81. The summed E-state index contributed by atoms with van der Waals surface area (Å²) in [7, 11) is 0. The molecular formula is C23H35ClN6O3. The molecule has 2 aliphatic rings. The Labute approximate surface area is 201 Å². The lowest BCUT2D eigenvalue weighted by atomic mass is 9.97. The third kappa shape index (κ3) is 7.08. The van der Waals surface area contributed by atoms with Gasteiger partial charge in [-0.2, -0.15) is 0 Å². The first kappa shape index (κ1) is 26.4. The van der Waals surface area contributed by atoms with Gasteiger partial charge in [0, 0.05) is 32.6 Å². The third-order valence-corrected chi connectivity index (χ3v) is 6.15. The van der Waals surface area contributed by atoms with E-state index in [4.69, 9.17) is 11.1 Å². The lowest BCUT2D eigenvalue weighted by Crippen LogP contribution is -2.64. The van der Waals surface area contributed by atoms with Crippen LogP contribution >= 0.6 is 12.4 Å². The van der Waals surface area contributed by atoms with E-state index >= 15 is 0 Å². The minimum absolute atomic E-state index is 0. The molecule has 0 aliphatic carbocycles. The van der Waals surface area contributed by atoms with Gasteiger partial charge < -0.3 is 26.2 Å². The summed E-state index contributed by atoms with van der Waals surface area (Å²) < 4.78 is 0. The van der Waals surface area contributed by atoms with Gasteiger partial charge in [-0.15, -0.1) is 12.4 Å². The largest absolute Gasteiger partial charge is 0.370 e. The monoisotopic (exact) mass is 478 g/mol. The van der Waals surface area contributed by atoms with E-state index in [0.29, 0.717) is 26.1 Å². The zero-order valence-corrected chi connectivity index (χ0v) is 19.9. The first-order chi connectivity index (χ1) is 15.4. The summed E-state index contributed by atoms with van der Waals surface area (Å²) in [6.45, 7) is 4.31. The fourth-order valence-electron chi connectivity index (χ4n) is 4.48. The van der Waals surface area contributed by atoms with Crippen LogP contribution in [-0.4, -0.2) is 71.7 Å². The van der Waals surface area contributed by atoms with E-state index in [1.807, 2.05) is 37.3 Å². The Morgan fingerprint density at radius 1 is 1.27 bits per heavy atom. The zero-order valence-electron chi connectivity index (χ0n) is 19.1. The van der Waals surface area contributed by atoms with Crippen molar-refractivity contribution in [2.45, 2.75) is 51.1 Å². The molecule has 3 rings (SSSR count). The smallest absolute Gasteiger partial charge is 0.246 e. The summed E-state index contributed by atoms with van der Waals surface area (Å²) >= 11 is 0. The van der Waals surface area contributed by atoms with Gasteiger partial charge in [-0.05, 0) is 30.7 Å². The SMILES string of the molecule is CCCN1C(=O)[C@H](CC(=O)NC[C@@H]2CCCN(C(=N)N)C2)NC(=O)[C@@H]1Cc1ccccc1.Cl. The first-order valence-corrected chi connectivity index (χ1v) is 11.4. The molecule has 0 aromatic heterocycles. The van der Waals surface area contributed by atoms with Crippen LogP contribution in [0.25, 0.3) is 0 Å². The Morgan fingerprint density at radius 2 is 2.00 bits per heavy atom. The van der Waals surface area contributed by atoms with E-state index in [9.17, 15) is 14.4 Å². The lowest BCUT2D eigenvalue weighted by Gasteiger charge is -2.39. The van der Waals surface area contributed by atoms with Gasteiger partial charge in [0.25, 0.3) is 0 Å². The van der Waals surface area contributed by atoms with Gasteiger partial charge in [0.05, 0.1) is 6.42 Å². The Balaban J connectivity index is 0.00000385. The average molecular weight is 479 g/mol. The maximum absolute atomic E-state index is 13.1. The highest BCUT2D eigenvalue weighted by Crippen LogP contribution is 2.18. The Morgan fingerprint density at radius 3 is 2.67 bits per heavy atom. The van der Waals surface area contributed by atoms with Crippen molar-refractivity contribution in [2.75, 3.05) is 26.2 Å². The fraction of sp³-hybridized carbons (Fsp3) is 0.565. The number of hydrogen-bond acceptors (Lipinski definition) is 4. The quantitative estimate of drug-likeness (QED) is 0.325. The molecule has 2 fully saturated rings. The summed E-state index contributed by atoms with van der Waals surface area (Å²) in [6.07, 6.45) is 2.98. The molecule has 1 aromatic rings. The second-order valence-corrected chi connectivity index (χ2v) is 8.65. The van der Waals surface area contributed by atoms with Crippen LogP contribution in [0.2, 0.25) is 0 Å². The lowest BCUT2D eigenvalue weighted by molar-refractivity contribution is -0.150. The Bertz CT molecular complexity index is 837. The van der Waals surface area contributed by atoms with E-state index in [1.54, 1.807) is 9.80 Å². The number of amides is 3. The van der Waals surface area contributed by atoms with E-state index in [0.717, 1.165) is 31.4 Å². The van der Waals surface area contributed by atoms with Crippen molar-refractivity contribution in [1.82, 2.24) is 20.4 Å². The summed E-state index contributed by atoms with van der Waals surface area (Å²) in [5.74, 6) is -0.425. The highest BCUT2D eigenvalue weighted by molar-refractivity contribution is 5.99. The van der Waals surface area contributed by atoms with Crippen LogP contribution in [0.5, 0.6) is 0 Å². The summed E-state index contributed by atoms with van der Waals surface area (Å²) in [6, 6.07) is 8.22. The third-order valence-electron chi connectivity index (χ3n) is 6.15. The molecule has 3 amide bonds. The molecule has 0 spiro atoms. The van der Waals surface area contributed by atoms with Crippen LogP contribution in [0.15, 0.2) is 30.3 Å². The van der Waals surface area contributed by atoms with Crippen LogP contribution in [0.1, 0.15) is 38.2 Å². The number of hydrogen-bond donors (Lipinski definition) is 4. The van der Waals surface area contributed by atoms with Gasteiger partial charge >= 0.3 is 0 Å². The van der Waals surface area contributed by atoms with E-state index in [-0.39, 0.29) is 48.4 Å². The van der Waals surface area contributed by atoms with Crippen molar-refractivity contribution in [1.29, 1.82) is 5.41 Å². The number of nitrogens with one attached hydrogen (secondary N) is 3. The number of carbonyl (C=O) groups excluding carboxylic acids is 3.